The highest BCUT2D eigenvalue weighted by Gasteiger charge is 2.62. The number of methoxy groups -OCH3 is 1. The van der Waals surface area contributed by atoms with Crippen LogP contribution >= 0.6 is 0 Å². The van der Waals surface area contributed by atoms with Gasteiger partial charge in [0.05, 0.1) is 49.0 Å². The van der Waals surface area contributed by atoms with Gasteiger partial charge in [-0.15, -0.1) is 0 Å². The van der Waals surface area contributed by atoms with Crippen molar-refractivity contribution in [1.82, 2.24) is 0 Å². The molecule has 4 rings (SSSR count). The molecule has 0 radical (unpaired) electrons. The Morgan fingerprint density at radius 2 is 1.96 bits per heavy atom. The smallest absolute Gasteiger partial charge is 0.309 e. The number of hydrogen-bond acceptors (Lipinski definition) is 6. The molecule has 7 atom stereocenters. The van der Waals surface area contributed by atoms with Gasteiger partial charge in [0.15, 0.2) is 0 Å². The zero-order valence-electron chi connectivity index (χ0n) is 16.1. The highest BCUT2D eigenvalue weighted by atomic mass is 16.6. The fourth-order valence-electron chi connectivity index (χ4n) is 5.19. The number of hydrogen-bond donors (Lipinski definition) is 1. The third-order valence-electron chi connectivity index (χ3n) is 6.79. The lowest BCUT2D eigenvalue weighted by Gasteiger charge is -2.33. The van der Waals surface area contributed by atoms with Gasteiger partial charge in [0.2, 0.25) is 0 Å². The Kier molecular flexibility index (Phi) is 4.97. The summed E-state index contributed by atoms with van der Waals surface area (Å²) in [6, 6.07) is 0. The van der Waals surface area contributed by atoms with Gasteiger partial charge in [-0.2, -0.15) is 0 Å². The van der Waals surface area contributed by atoms with E-state index >= 15 is 0 Å². The van der Waals surface area contributed by atoms with E-state index in [2.05, 4.69) is 6.92 Å². The van der Waals surface area contributed by atoms with Crippen LogP contribution in [0, 0.1) is 17.3 Å². The molecule has 27 heavy (non-hydrogen) atoms. The summed E-state index contributed by atoms with van der Waals surface area (Å²) in [4.78, 5) is 23.7. The van der Waals surface area contributed by atoms with E-state index in [0.717, 1.165) is 32.1 Å². The minimum atomic E-state index is -0.734. The van der Waals surface area contributed by atoms with Gasteiger partial charge in [0, 0.05) is 12.5 Å². The Labute approximate surface area is 159 Å². The van der Waals surface area contributed by atoms with Crippen LogP contribution in [0.4, 0.5) is 0 Å². The van der Waals surface area contributed by atoms with Crippen LogP contribution in [0.15, 0.2) is 0 Å². The SMILES string of the molecule is COCC(C)(COC(=O)C1CCC2OC2C1)CC12CCC(C(=O)O)CC1O2. The Hall–Kier alpha value is -1.18. The summed E-state index contributed by atoms with van der Waals surface area (Å²) in [5.74, 6) is -1.24. The molecule has 0 aromatic carbocycles. The number of carbonyl (C=O) groups excluding carboxylic acids is 1. The molecule has 2 heterocycles. The molecular formula is C20H30O7. The van der Waals surface area contributed by atoms with E-state index in [1.807, 2.05) is 0 Å². The first-order valence-electron chi connectivity index (χ1n) is 10.1. The number of ether oxygens (including phenoxy) is 4. The average Bonchev–Trinajstić information content (AvgIpc) is 3.52. The Bertz CT molecular complexity index is 607. The molecule has 7 nitrogen and oxygen atoms in total. The van der Waals surface area contributed by atoms with E-state index in [0.29, 0.717) is 32.2 Å². The molecule has 2 saturated carbocycles. The molecule has 0 aromatic heterocycles. The summed E-state index contributed by atoms with van der Waals surface area (Å²) in [6.07, 6.45) is 5.86. The van der Waals surface area contributed by atoms with E-state index < -0.39 is 5.97 Å². The van der Waals surface area contributed by atoms with Crippen molar-refractivity contribution in [3.05, 3.63) is 0 Å². The van der Waals surface area contributed by atoms with Crippen LogP contribution in [0.1, 0.15) is 51.9 Å². The van der Waals surface area contributed by atoms with Gasteiger partial charge in [0.1, 0.15) is 0 Å². The summed E-state index contributed by atoms with van der Waals surface area (Å²) in [5.41, 5.74) is -0.617. The molecule has 0 spiro atoms. The van der Waals surface area contributed by atoms with Gasteiger partial charge >= 0.3 is 11.9 Å². The Morgan fingerprint density at radius 3 is 2.63 bits per heavy atom. The quantitative estimate of drug-likeness (QED) is 0.507. The molecule has 7 heteroatoms. The van der Waals surface area contributed by atoms with Crippen molar-refractivity contribution in [2.24, 2.45) is 17.3 Å². The molecule has 0 amide bonds. The van der Waals surface area contributed by atoms with Crippen molar-refractivity contribution in [2.75, 3.05) is 20.3 Å². The fraction of sp³-hybridized carbons (Fsp3) is 0.900. The van der Waals surface area contributed by atoms with Crippen LogP contribution in [0.5, 0.6) is 0 Å². The van der Waals surface area contributed by atoms with Gasteiger partial charge in [-0.3, -0.25) is 9.59 Å². The van der Waals surface area contributed by atoms with Gasteiger partial charge < -0.3 is 24.1 Å². The summed E-state index contributed by atoms with van der Waals surface area (Å²) < 4.78 is 22.6. The molecule has 4 fully saturated rings. The van der Waals surface area contributed by atoms with E-state index in [9.17, 15) is 14.7 Å². The molecule has 152 valence electrons. The first-order valence-corrected chi connectivity index (χ1v) is 10.1. The number of carbonyl (C=O) groups is 2. The molecule has 7 unspecified atom stereocenters. The molecule has 2 saturated heterocycles. The number of carboxylic acids is 1. The third kappa shape index (κ3) is 4.00. The van der Waals surface area contributed by atoms with Crippen molar-refractivity contribution in [1.29, 1.82) is 0 Å². The second-order valence-corrected chi connectivity index (χ2v) is 9.23. The lowest BCUT2D eigenvalue weighted by atomic mass is 9.73. The first-order chi connectivity index (χ1) is 12.8. The van der Waals surface area contributed by atoms with E-state index in [1.165, 1.54) is 0 Å². The number of aliphatic carboxylic acids is 1. The number of carboxylic acid groups (broad SMARTS) is 1. The van der Waals surface area contributed by atoms with E-state index in [-0.39, 0.29) is 41.0 Å². The Morgan fingerprint density at radius 1 is 1.15 bits per heavy atom. The van der Waals surface area contributed by atoms with Crippen LogP contribution in [-0.2, 0) is 28.5 Å². The maximum Gasteiger partial charge on any atom is 0.309 e. The van der Waals surface area contributed by atoms with Crippen molar-refractivity contribution in [3.63, 3.8) is 0 Å². The molecule has 1 N–H and O–H groups in total. The second-order valence-electron chi connectivity index (χ2n) is 9.23. The zero-order chi connectivity index (χ0) is 19.2. The zero-order valence-corrected chi connectivity index (χ0v) is 16.1. The lowest BCUT2D eigenvalue weighted by Crippen LogP contribution is -2.39. The summed E-state index contributed by atoms with van der Waals surface area (Å²) in [6.45, 7) is 2.83. The Balaban J connectivity index is 1.31. The van der Waals surface area contributed by atoms with Gasteiger partial charge in [-0.25, -0.2) is 0 Å². The normalized spacial score (nSPS) is 41.6. The van der Waals surface area contributed by atoms with Crippen molar-refractivity contribution in [3.8, 4) is 0 Å². The largest absolute Gasteiger partial charge is 0.481 e. The molecular weight excluding hydrogens is 352 g/mol. The molecule has 0 aromatic rings. The highest BCUT2D eigenvalue weighted by Crippen LogP contribution is 2.55. The highest BCUT2D eigenvalue weighted by molar-refractivity contribution is 5.72. The molecule has 2 aliphatic carbocycles. The topological polar surface area (TPSA) is 97.9 Å². The second kappa shape index (κ2) is 7.01. The minimum Gasteiger partial charge on any atom is -0.481 e. The third-order valence-corrected chi connectivity index (χ3v) is 6.79. The minimum absolute atomic E-state index is 0.00141. The van der Waals surface area contributed by atoms with Crippen LogP contribution < -0.4 is 0 Å². The summed E-state index contributed by atoms with van der Waals surface area (Å²) in [7, 11) is 1.65. The van der Waals surface area contributed by atoms with Gasteiger partial charge in [-0.05, 0) is 44.9 Å². The van der Waals surface area contributed by atoms with Crippen LogP contribution in [-0.4, -0.2) is 61.3 Å². The van der Waals surface area contributed by atoms with E-state index in [4.69, 9.17) is 18.9 Å². The molecule has 4 aliphatic rings. The maximum absolute atomic E-state index is 12.5. The average molecular weight is 382 g/mol. The van der Waals surface area contributed by atoms with Crippen molar-refractivity contribution in [2.45, 2.75) is 75.8 Å². The van der Waals surface area contributed by atoms with Crippen LogP contribution in [0.2, 0.25) is 0 Å². The number of rotatable bonds is 8. The lowest BCUT2D eigenvalue weighted by molar-refractivity contribution is -0.155. The predicted octanol–water partition coefficient (Wildman–Crippen LogP) is 2.16. The predicted molar refractivity (Wildman–Crippen MR) is 94.1 cm³/mol. The van der Waals surface area contributed by atoms with E-state index in [1.54, 1.807) is 7.11 Å². The first kappa shape index (κ1) is 19.2. The number of esters is 1. The monoisotopic (exact) mass is 382 g/mol. The number of fused-ring (bicyclic) bond motifs is 2. The van der Waals surface area contributed by atoms with Crippen molar-refractivity contribution >= 4 is 11.9 Å². The van der Waals surface area contributed by atoms with Gasteiger partial charge in [-0.1, -0.05) is 6.92 Å². The van der Waals surface area contributed by atoms with Crippen LogP contribution in [0.25, 0.3) is 0 Å². The van der Waals surface area contributed by atoms with Crippen molar-refractivity contribution < 1.29 is 33.6 Å². The summed E-state index contributed by atoms with van der Waals surface area (Å²) >= 11 is 0. The fourth-order valence-corrected chi connectivity index (χ4v) is 5.19. The maximum atomic E-state index is 12.5. The van der Waals surface area contributed by atoms with Crippen LogP contribution in [0.3, 0.4) is 0 Å². The summed E-state index contributed by atoms with van der Waals surface area (Å²) in [5, 5.41) is 9.22. The van der Waals surface area contributed by atoms with Gasteiger partial charge in [0.25, 0.3) is 0 Å². The standard InChI is InChI=1S/C20H30O7/c1-19(10-24-2,9-20-6-5-12(17(21)22)8-16(20)27-20)11-25-18(23)13-3-4-14-15(7-13)26-14/h12-16H,3-11H2,1-2H3,(H,21,22). The number of epoxide rings is 2. The molecule has 0 bridgehead atoms. The molecule has 2 aliphatic heterocycles.